The van der Waals surface area contributed by atoms with E-state index in [4.69, 9.17) is 15.0 Å². The van der Waals surface area contributed by atoms with Crippen molar-refractivity contribution in [3.63, 3.8) is 0 Å². The zero-order valence-electron chi connectivity index (χ0n) is 23.8. The van der Waals surface area contributed by atoms with Gasteiger partial charge in [-0.1, -0.05) is 24.3 Å². The molecule has 5 aromatic rings. The van der Waals surface area contributed by atoms with Gasteiger partial charge in [0.1, 0.15) is 24.1 Å². The molecule has 0 saturated heterocycles. The molecule has 2 aliphatic rings. The number of aromatic nitrogens is 3. The number of rotatable bonds is 10. The lowest BCUT2D eigenvalue weighted by molar-refractivity contribution is 0.0697. The lowest BCUT2D eigenvalue weighted by atomic mass is 10.00. The van der Waals surface area contributed by atoms with E-state index in [1.54, 1.807) is 48.5 Å². The predicted molar refractivity (Wildman–Crippen MR) is 159 cm³/mol. The second kappa shape index (κ2) is 10.9. The molecule has 0 aliphatic heterocycles. The van der Waals surface area contributed by atoms with E-state index in [1.165, 1.54) is 31.0 Å². The second-order valence-corrected chi connectivity index (χ2v) is 11.8. The number of imidazole rings is 1. The normalized spacial score (nSPS) is 15.2. The number of hydrogen-bond donors (Lipinski definition) is 1. The van der Waals surface area contributed by atoms with Crippen molar-refractivity contribution in [1.82, 2.24) is 14.5 Å². The molecule has 7 nitrogen and oxygen atoms in total. The number of carboxylic acids is 1. The third-order valence-corrected chi connectivity index (χ3v) is 8.86. The minimum atomic E-state index is -0.990. The summed E-state index contributed by atoms with van der Waals surface area (Å²) in [5, 5.41) is 18.5. The van der Waals surface area contributed by atoms with Crippen molar-refractivity contribution in [2.24, 2.45) is 11.3 Å². The smallest absolute Gasteiger partial charge is 0.335 e. The van der Waals surface area contributed by atoms with Crippen LogP contribution in [0.15, 0.2) is 72.8 Å². The van der Waals surface area contributed by atoms with Crippen LogP contribution in [-0.2, 0) is 19.6 Å². The van der Waals surface area contributed by atoms with Crippen LogP contribution in [0.25, 0.3) is 22.3 Å². The minimum Gasteiger partial charge on any atom is -0.478 e. The van der Waals surface area contributed by atoms with Gasteiger partial charge in [-0.25, -0.2) is 23.5 Å². The molecule has 2 aliphatic carbocycles. The Balaban J connectivity index is 1.13. The van der Waals surface area contributed by atoms with Gasteiger partial charge in [0, 0.05) is 30.2 Å². The Morgan fingerprint density at radius 1 is 1.00 bits per heavy atom. The van der Waals surface area contributed by atoms with E-state index in [9.17, 15) is 14.3 Å². The van der Waals surface area contributed by atoms with E-state index in [2.05, 4.69) is 9.55 Å². The Hall–Kier alpha value is -5.10. The largest absolute Gasteiger partial charge is 0.478 e. The van der Waals surface area contributed by atoms with E-state index in [1.807, 2.05) is 6.07 Å². The number of fused-ring (bicyclic) bond motifs is 1. The highest BCUT2D eigenvalue weighted by atomic mass is 19.1. The summed E-state index contributed by atoms with van der Waals surface area (Å²) in [6.45, 7) is 0.688. The summed E-state index contributed by atoms with van der Waals surface area (Å²) in [6.07, 6.45) is 5.01. The number of pyridine rings is 1. The van der Waals surface area contributed by atoms with Crippen molar-refractivity contribution < 1.29 is 23.4 Å². The molecule has 0 amide bonds. The molecule has 3 aromatic carbocycles. The molecule has 7 rings (SSSR count). The molecule has 2 saturated carbocycles. The van der Waals surface area contributed by atoms with Crippen LogP contribution in [0.1, 0.15) is 58.6 Å². The SMILES string of the molecule is N#Cc1ccc(COc2cccc(-c3ccc(Cc4nc5ccc(C(=O)O)cc5n4CC4(C5CC5)CC4)c(F)c3)n2)c(F)c1. The summed E-state index contributed by atoms with van der Waals surface area (Å²) in [5.74, 6) is -0.256. The zero-order chi connectivity index (χ0) is 30.4. The first-order valence-corrected chi connectivity index (χ1v) is 14.6. The third-order valence-electron chi connectivity index (χ3n) is 8.86. The monoisotopic (exact) mass is 590 g/mol. The number of halogens is 2. The zero-order valence-corrected chi connectivity index (χ0v) is 23.8. The van der Waals surface area contributed by atoms with Crippen LogP contribution < -0.4 is 4.74 Å². The Kier molecular flexibility index (Phi) is 6.85. The number of aromatic carboxylic acids is 1. The Morgan fingerprint density at radius 2 is 1.80 bits per heavy atom. The van der Waals surface area contributed by atoms with Gasteiger partial charge in [0.15, 0.2) is 0 Å². The molecular formula is C35H28F2N4O3. The van der Waals surface area contributed by atoms with Gasteiger partial charge in [-0.2, -0.15) is 5.26 Å². The summed E-state index contributed by atoms with van der Waals surface area (Å²) in [6, 6.07) is 21.1. The van der Waals surface area contributed by atoms with Crippen molar-refractivity contribution in [3.05, 3.63) is 113 Å². The van der Waals surface area contributed by atoms with Crippen LogP contribution in [0.4, 0.5) is 8.78 Å². The van der Waals surface area contributed by atoms with Crippen molar-refractivity contribution in [3.8, 4) is 23.2 Å². The van der Waals surface area contributed by atoms with Crippen LogP contribution in [0, 0.1) is 34.3 Å². The molecule has 0 atom stereocenters. The maximum atomic E-state index is 15.6. The average Bonchev–Trinajstić information content (AvgIpc) is 3.96. The minimum absolute atomic E-state index is 0.0711. The van der Waals surface area contributed by atoms with E-state index in [0.717, 1.165) is 31.0 Å². The van der Waals surface area contributed by atoms with Crippen molar-refractivity contribution >= 4 is 17.0 Å². The first kappa shape index (κ1) is 27.7. The second-order valence-electron chi connectivity index (χ2n) is 11.8. The lowest BCUT2D eigenvalue weighted by Gasteiger charge is -2.18. The highest BCUT2D eigenvalue weighted by molar-refractivity contribution is 5.92. The molecule has 0 bridgehead atoms. The van der Waals surface area contributed by atoms with E-state index < -0.39 is 17.6 Å². The van der Waals surface area contributed by atoms with E-state index in [-0.39, 0.29) is 35.4 Å². The molecule has 44 heavy (non-hydrogen) atoms. The number of nitrogens with zero attached hydrogens (tertiary/aromatic N) is 4. The standard InChI is InChI=1S/C35H28F2N4O3/c36-27-14-21(18-38)4-5-25(27)19-44-33-3-1-2-29(40-33)23-7-6-22(28(37)15-23)17-32-39-30-11-8-24(34(42)43)16-31(30)41(32)20-35(12-13-35)26-9-10-26/h1-8,11,14-16,26H,9-10,12-13,17,19-20H2,(H,42,43). The highest BCUT2D eigenvalue weighted by Gasteiger charge is 2.54. The maximum absolute atomic E-state index is 15.6. The number of ether oxygens (including phenoxy) is 1. The molecule has 9 heteroatoms. The summed E-state index contributed by atoms with van der Waals surface area (Å²) in [4.78, 5) is 21.0. The summed E-state index contributed by atoms with van der Waals surface area (Å²) < 4.78 is 37.7. The number of carbonyl (C=O) groups is 1. The average molecular weight is 591 g/mol. The van der Waals surface area contributed by atoms with Gasteiger partial charge in [-0.05, 0) is 85.0 Å². The van der Waals surface area contributed by atoms with Gasteiger partial charge >= 0.3 is 5.97 Å². The summed E-state index contributed by atoms with van der Waals surface area (Å²) in [7, 11) is 0. The van der Waals surface area contributed by atoms with Crippen molar-refractivity contribution in [1.29, 1.82) is 5.26 Å². The molecule has 0 spiro atoms. The summed E-state index contributed by atoms with van der Waals surface area (Å²) >= 11 is 0. The molecule has 1 N–H and O–H groups in total. The molecule has 220 valence electrons. The number of benzene rings is 3. The summed E-state index contributed by atoms with van der Waals surface area (Å²) in [5.41, 5.74) is 3.97. The molecule has 0 radical (unpaired) electrons. The fourth-order valence-corrected chi connectivity index (χ4v) is 6.05. The lowest BCUT2D eigenvalue weighted by Crippen LogP contribution is -2.16. The highest BCUT2D eigenvalue weighted by Crippen LogP contribution is 2.62. The van der Waals surface area contributed by atoms with Gasteiger partial charge in [0.25, 0.3) is 0 Å². The van der Waals surface area contributed by atoms with Crippen LogP contribution in [0.3, 0.4) is 0 Å². The third kappa shape index (κ3) is 5.39. The van der Waals surface area contributed by atoms with E-state index >= 15 is 4.39 Å². The van der Waals surface area contributed by atoms with Gasteiger partial charge in [-0.3, -0.25) is 0 Å². The van der Waals surface area contributed by atoms with Crippen LogP contribution in [0.2, 0.25) is 0 Å². The molecule has 2 fully saturated rings. The Labute approximate surface area is 252 Å². The fraction of sp³-hybridized carbons (Fsp3) is 0.257. The topological polar surface area (TPSA) is 101 Å². The van der Waals surface area contributed by atoms with Gasteiger partial charge in [-0.15, -0.1) is 0 Å². The number of hydrogen-bond acceptors (Lipinski definition) is 5. The number of nitriles is 1. The van der Waals surface area contributed by atoms with Crippen molar-refractivity contribution in [2.75, 3.05) is 0 Å². The van der Waals surface area contributed by atoms with Crippen LogP contribution in [-0.4, -0.2) is 25.6 Å². The van der Waals surface area contributed by atoms with Crippen molar-refractivity contribution in [2.45, 2.75) is 45.3 Å². The van der Waals surface area contributed by atoms with Crippen LogP contribution in [0.5, 0.6) is 5.88 Å². The fourth-order valence-electron chi connectivity index (χ4n) is 6.05. The van der Waals surface area contributed by atoms with Gasteiger partial charge < -0.3 is 14.4 Å². The Bertz CT molecular complexity index is 1970. The Morgan fingerprint density at radius 3 is 2.50 bits per heavy atom. The predicted octanol–water partition coefficient (Wildman–Crippen LogP) is 7.31. The van der Waals surface area contributed by atoms with E-state index in [0.29, 0.717) is 39.6 Å². The van der Waals surface area contributed by atoms with Crippen LogP contribution >= 0.6 is 0 Å². The first-order chi connectivity index (χ1) is 21.3. The molecule has 2 aromatic heterocycles. The first-order valence-electron chi connectivity index (χ1n) is 14.6. The van der Waals surface area contributed by atoms with Gasteiger partial charge in [0.2, 0.25) is 5.88 Å². The van der Waals surface area contributed by atoms with Gasteiger partial charge in [0.05, 0.1) is 33.9 Å². The molecule has 0 unspecified atom stereocenters. The molecular weight excluding hydrogens is 562 g/mol. The quantitative estimate of drug-likeness (QED) is 0.183. The molecule has 2 heterocycles. The number of carboxylic acid groups (broad SMARTS) is 1. The maximum Gasteiger partial charge on any atom is 0.335 e.